The molecule has 0 saturated carbocycles. The molecule has 0 spiro atoms. The number of nitrogens with one attached hydrogen (secondary N) is 1. The summed E-state index contributed by atoms with van der Waals surface area (Å²) in [7, 11) is -0.496. The maximum Gasteiger partial charge on any atom is 0.186 e. The Labute approximate surface area is 87.9 Å². The molecule has 0 aromatic heterocycles. The normalized spacial score (nSPS) is 11.8. The Kier molecular flexibility index (Phi) is 5.98. The first-order valence-electron chi connectivity index (χ1n) is 4.93. The first kappa shape index (κ1) is 11.2. The van der Waals surface area contributed by atoms with Crippen LogP contribution in [0.25, 0.3) is 6.08 Å². The van der Waals surface area contributed by atoms with Gasteiger partial charge in [-0.25, -0.2) is 0 Å². The van der Waals surface area contributed by atoms with Gasteiger partial charge in [0.1, 0.15) is 0 Å². The average molecular weight is 207 g/mol. The van der Waals surface area contributed by atoms with Crippen LogP contribution in [-0.4, -0.2) is 23.0 Å². The summed E-state index contributed by atoms with van der Waals surface area (Å²) < 4.78 is 5.44. The van der Waals surface area contributed by atoms with Gasteiger partial charge < -0.3 is 4.43 Å². The molecule has 0 bridgehead atoms. The van der Waals surface area contributed by atoms with Crippen LogP contribution in [0.3, 0.4) is 0 Å². The molecule has 1 aromatic carbocycles. The SMILES string of the molecule is CCNCO[SiH2]C=Cc1ccccc1. The Balaban J connectivity index is 2.15. The summed E-state index contributed by atoms with van der Waals surface area (Å²) in [5.41, 5.74) is 3.40. The maximum atomic E-state index is 5.44. The minimum absolute atomic E-state index is 0.496. The lowest BCUT2D eigenvalue weighted by molar-refractivity contribution is 0.307. The predicted octanol–water partition coefficient (Wildman–Crippen LogP) is 1.32. The van der Waals surface area contributed by atoms with Gasteiger partial charge in [0.15, 0.2) is 9.76 Å². The lowest BCUT2D eigenvalue weighted by Crippen LogP contribution is -2.17. The Morgan fingerprint density at radius 1 is 1.36 bits per heavy atom. The van der Waals surface area contributed by atoms with E-state index in [0.717, 1.165) is 6.54 Å². The second kappa shape index (κ2) is 7.50. The zero-order chi connectivity index (χ0) is 10.1. The smallest absolute Gasteiger partial charge is 0.186 e. The highest BCUT2D eigenvalue weighted by Crippen LogP contribution is 1.99. The summed E-state index contributed by atoms with van der Waals surface area (Å²) in [6, 6.07) is 10.3. The molecule has 1 N–H and O–H groups in total. The van der Waals surface area contributed by atoms with Gasteiger partial charge in [-0.15, -0.1) is 0 Å². The second-order valence-corrected chi connectivity index (χ2v) is 4.14. The third-order valence-electron chi connectivity index (χ3n) is 1.78. The second-order valence-electron chi connectivity index (χ2n) is 2.93. The lowest BCUT2D eigenvalue weighted by atomic mass is 10.2. The van der Waals surface area contributed by atoms with Crippen LogP contribution in [0.15, 0.2) is 36.0 Å². The van der Waals surface area contributed by atoms with Crippen molar-refractivity contribution in [2.24, 2.45) is 0 Å². The zero-order valence-electron chi connectivity index (χ0n) is 8.57. The van der Waals surface area contributed by atoms with E-state index in [4.69, 9.17) is 4.43 Å². The fourth-order valence-electron chi connectivity index (χ4n) is 1.05. The van der Waals surface area contributed by atoms with Gasteiger partial charge in [0.25, 0.3) is 0 Å². The van der Waals surface area contributed by atoms with Gasteiger partial charge in [-0.2, -0.15) is 0 Å². The Morgan fingerprint density at radius 3 is 2.86 bits per heavy atom. The molecule has 3 heteroatoms. The van der Waals surface area contributed by atoms with Crippen molar-refractivity contribution in [3.63, 3.8) is 0 Å². The molecular weight excluding hydrogens is 190 g/mol. The molecule has 1 rings (SSSR count). The molecule has 0 aliphatic carbocycles. The molecule has 0 heterocycles. The lowest BCUT2D eigenvalue weighted by Gasteiger charge is -1.99. The zero-order valence-corrected chi connectivity index (χ0v) is 9.99. The Morgan fingerprint density at radius 2 is 2.14 bits per heavy atom. The fraction of sp³-hybridized carbons (Fsp3) is 0.273. The van der Waals surface area contributed by atoms with E-state index in [1.165, 1.54) is 5.56 Å². The van der Waals surface area contributed by atoms with E-state index < -0.39 is 9.76 Å². The van der Waals surface area contributed by atoms with Crippen LogP contribution < -0.4 is 5.32 Å². The Bertz CT molecular complexity index is 261. The number of hydrogen-bond donors (Lipinski definition) is 1. The summed E-state index contributed by atoms with van der Waals surface area (Å²) in [5, 5.41) is 3.13. The molecule has 0 radical (unpaired) electrons. The van der Waals surface area contributed by atoms with E-state index in [9.17, 15) is 0 Å². The summed E-state index contributed by atoms with van der Waals surface area (Å²) in [4.78, 5) is 0. The van der Waals surface area contributed by atoms with Gasteiger partial charge in [-0.1, -0.05) is 49.0 Å². The van der Waals surface area contributed by atoms with Crippen molar-refractivity contribution in [2.75, 3.05) is 13.3 Å². The highest BCUT2D eigenvalue weighted by atomic mass is 28.2. The van der Waals surface area contributed by atoms with Crippen LogP contribution >= 0.6 is 0 Å². The number of benzene rings is 1. The van der Waals surface area contributed by atoms with Crippen LogP contribution in [0.4, 0.5) is 0 Å². The molecule has 0 amide bonds. The maximum absolute atomic E-state index is 5.44. The topological polar surface area (TPSA) is 21.3 Å². The van der Waals surface area contributed by atoms with Crippen molar-refractivity contribution in [3.05, 3.63) is 41.6 Å². The molecule has 0 fully saturated rings. The summed E-state index contributed by atoms with van der Waals surface area (Å²) >= 11 is 0. The number of rotatable bonds is 6. The fourth-order valence-corrected chi connectivity index (χ4v) is 1.82. The molecule has 0 aliphatic rings. The van der Waals surface area contributed by atoms with Gasteiger partial charge >= 0.3 is 0 Å². The van der Waals surface area contributed by atoms with Crippen LogP contribution in [0, 0.1) is 0 Å². The quantitative estimate of drug-likeness (QED) is 0.431. The van der Waals surface area contributed by atoms with Crippen molar-refractivity contribution >= 4 is 15.8 Å². The average Bonchev–Trinajstić information content (AvgIpc) is 2.25. The van der Waals surface area contributed by atoms with E-state index in [-0.39, 0.29) is 0 Å². The van der Waals surface area contributed by atoms with Crippen LogP contribution in [0.5, 0.6) is 0 Å². The molecule has 76 valence electrons. The Hall–Kier alpha value is -0.903. The predicted molar refractivity (Wildman–Crippen MR) is 63.6 cm³/mol. The molecule has 0 aliphatic heterocycles. The van der Waals surface area contributed by atoms with Crippen molar-refractivity contribution in [3.8, 4) is 0 Å². The van der Waals surface area contributed by atoms with E-state index in [0.29, 0.717) is 6.73 Å². The highest BCUT2D eigenvalue weighted by Gasteiger charge is 1.84. The van der Waals surface area contributed by atoms with Gasteiger partial charge in [0, 0.05) is 0 Å². The van der Waals surface area contributed by atoms with Crippen molar-refractivity contribution in [2.45, 2.75) is 6.92 Å². The van der Waals surface area contributed by atoms with E-state index >= 15 is 0 Å². The standard InChI is InChI=1S/C11H17NOSi/c1-2-12-10-13-14-9-8-11-6-4-3-5-7-11/h3-9,12H,2,10,14H2,1H3. The van der Waals surface area contributed by atoms with E-state index in [1.807, 2.05) is 18.2 Å². The number of hydrogen-bond acceptors (Lipinski definition) is 2. The van der Waals surface area contributed by atoms with E-state index in [2.05, 4.69) is 36.1 Å². The minimum atomic E-state index is -0.496. The monoisotopic (exact) mass is 207 g/mol. The van der Waals surface area contributed by atoms with Crippen LogP contribution in [-0.2, 0) is 4.43 Å². The first-order valence-corrected chi connectivity index (χ1v) is 6.33. The summed E-state index contributed by atoms with van der Waals surface area (Å²) in [6.45, 7) is 3.73. The molecule has 1 aromatic rings. The van der Waals surface area contributed by atoms with E-state index in [1.54, 1.807) is 0 Å². The van der Waals surface area contributed by atoms with Gasteiger partial charge in [0.2, 0.25) is 0 Å². The molecule has 14 heavy (non-hydrogen) atoms. The third-order valence-corrected chi connectivity index (χ3v) is 2.65. The third kappa shape index (κ3) is 4.96. The van der Waals surface area contributed by atoms with Crippen LogP contribution in [0.1, 0.15) is 12.5 Å². The molecule has 0 atom stereocenters. The highest BCUT2D eigenvalue weighted by molar-refractivity contribution is 6.35. The van der Waals surface area contributed by atoms with Gasteiger partial charge in [-0.05, 0) is 12.1 Å². The van der Waals surface area contributed by atoms with Crippen molar-refractivity contribution in [1.82, 2.24) is 5.32 Å². The molecule has 0 unspecified atom stereocenters. The summed E-state index contributed by atoms with van der Waals surface area (Å²) in [6.07, 6.45) is 2.12. The minimum Gasteiger partial charge on any atom is -0.407 e. The van der Waals surface area contributed by atoms with Gasteiger partial charge in [0.05, 0.1) is 6.73 Å². The molecule has 2 nitrogen and oxygen atoms in total. The molecular formula is C11H17NOSi. The largest absolute Gasteiger partial charge is 0.407 e. The van der Waals surface area contributed by atoms with Crippen molar-refractivity contribution < 1.29 is 4.43 Å². The van der Waals surface area contributed by atoms with Gasteiger partial charge in [-0.3, -0.25) is 5.32 Å². The summed E-state index contributed by atoms with van der Waals surface area (Å²) in [5.74, 6) is 0. The van der Waals surface area contributed by atoms with Crippen LogP contribution in [0.2, 0.25) is 0 Å². The first-order chi connectivity index (χ1) is 6.93. The van der Waals surface area contributed by atoms with Crippen molar-refractivity contribution in [1.29, 1.82) is 0 Å². The molecule has 0 saturated heterocycles.